The molecule has 1 saturated heterocycles. The Balaban J connectivity index is 1.57. The lowest BCUT2D eigenvalue weighted by atomic mass is 10.1. The summed E-state index contributed by atoms with van der Waals surface area (Å²) < 4.78 is 11.9. The van der Waals surface area contributed by atoms with Gasteiger partial charge in [-0.3, -0.25) is 9.69 Å². The van der Waals surface area contributed by atoms with Gasteiger partial charge in [0, 0.05) is 44.0 Å². The number of nitrogens with two attached hydrogens (primary N) is 1. The van der Waals surface area contributed by atoms with Gasteiger partial charge in [0.2, 0.25) is 5.91 Å². The van der Waals surface area contributed by atoms with Crippen molar-refractivity contribution in [1.29, 1.82) is 5.26 Å². The SMILES string of the molecule is CC(C)N(C[C@H]1CN(Cc2cc(-c3ccc(Cl)s3)on2)CC(=O)N1Cc1ccc(C#N)c(N)c1)C(=O)OC(C)(C)C. The number of halogens is 1. The Morgan fingerprint density at radius 1 is 1.29 bits per heavy atom. The molecule has 10 nitrogen and oxygen atoms in total. The van der Waals surface area contributed by atoms with Crippen LogP contribution < -0.4 is 5.73 Å². The molecular formula is C29H35ClN6O4S. The van der Waals surface area contributed by atoms with Crippen molar-refractivity contribution in [3.63, 3.8) is 0 Å². The molecule has 1 atom stereocenters. The van der Waals surface area contributed by atoms with Gasteiger partial charge in [0.25, 0.3) is 0 Å². The van der Waals surface area contributed by atoms with Gasteiger partial charge in [-0.1, -0.05) is 22.8 Å². The van der Waals surface area contributed by atoms with Crippen molar-refractivity contribution in [3.05, 3.63) is 57.6 Å². The molecule has 0 bridgehead atoms. The fourth-order valence-corrected chi connectivity index (χ4v) is 5.66. The van der Waals surface area contributed by atoms with Gasteiger partial charge in [0.1, 0.15) is 11.7 Å². The van der Waals surface area contributed by atoms with E-state index in [-0.39, 0.29) is 31.1 Å². The van der Waals surface area contributed by atoms with Gasteiger partial charge in [0.15, 0.2) is 5.76 Å². The molecule has 0 aliphatic carbocycles. The second-order valence-corrected chi connectivity index (χ2v) is 13.1. The predicted molar refractivity (Wildman–Crippen MR) is 158 cm³/mol. The van der Waals surface area contributed by atoms with E-state index >= 15 is 0 Å². The second kappa shape index (κ2) is 12.5. The van der Waals surface area contributed by atoms with Gasteiger partial charge < -0.3 is 24.8 Å². The number of benzene rings is 1. The Morgan fingerprint density at radius 3 is 2.66 bits per heavy atom. The normalized spacial score (nSPS) is 16.2. The molecular weight excluding hydrogens is 564 g/mol. The van der Waals surface area contributed by atoms with Gasteiger partial charge in [-0.25, -0.2) is 4.79 Å². The summed E-state index contributed by atoms with van der Waals surface area (Å²) in [5.74, 6) is 0.526. The molecule has 2 amide bonds. The summed E-state index contributed by atoms with van der Waals surface area (Å²) in [5.41, 5.74) is 7.63. The van der Waals surface area contributed by atoms with Gasteiger partial charge >= 0.3 is 6.09 Å². The first-order valence-electron chi connectivity index (χ1n) is 13.3. The van der Waals surface area contributed by atoms with E-state index in [1.165, 1.54) is 11.3 Å². The lowest BCUT2D eigenvalue weighted by Gasteiger charge is -2.43. The van der Waals surface area contributed by atoms with E-state index in [1.54, 1.807) is 34.1 Å². The molecule has 0 unspecified atom stereocenters. The van der Waals surface area contributed by atoms with Crippen LogP contribution in [0.5, 0.6) is 0 Å². The summed E-state index contributed by atoms with van der Waals surface area (Å²) in [4.78, 5) is 33.1. The van der Waals surface area contributed by atoms with Crippen LogP contribution in [0.1, 0.15) is 51.4 Å². The van der Waals surface area contributed by atoms with Crippen molar-refractivity contribution in [2.45, 2.75) is 65.4 Å². The molecule has 1 aromatic carbocycles. The standard InChI is InChI=1S/C29H35ClN6O4S/c1-18(2)35(28(38)39-29(3,4)5)16-22-15-34(14-21-11-24(40-33-21)25-8-9-26(30)41-25)17-27(37)36(22)13-19-6-7-20(12-31)23(32)10-19/h6-11,18,22H,13-17,32H2,1-5H3/t22-/m1/s1. The molecule has 1 fully saturated rings. The van der Waals surface area contributed by atoms with Crippen LogP contribution in [0.25, 0.3) is 10.6 Å². The summed E-state index contributed by atoms with van der Waals surface area (Å²) >= 11 is 7.47. The minimum absolute atomic E-state index is 0.0918. The highest BCUT2D eigenvalue weighted by Gasteiger charge is 2.36. The Labute approximate surface area is 249 Å². The van der Waals surface area contributed by atoms with E-state index < -0.39 is 11.7 Å². The minimum atomic E-state index is -0.657. The van der Waals surface area contributed by atoms with Crippen LogP contribution in [0.2, 0.25) is 4.34 Å². The van der Waals surface area contributed by atoms with Crippen LogP contribution in [-0.4, -0.2) is 69.2 Å². The Hall–Kier alpha value is -3.59. The maximum Gasteiger partial charge on any atom is 0.410 e. The summed E-state index contributed by atoms with van der Waals surface area (Å²) in [6, 6.07) is 12.3. The molecule has 12 heteroatoms. The molecule has 4 rings (SSSR count). The number of nitriles is 1. The average Bonchev–Trinajstić information content (AvgIpc) is 3.52. The minimum Gasteiger partial charge on any atom is -0.444 e. The number of nitrogens with zero attached hydrogens (tertiary/aromatic N) is 5. The summed E-state index contributed by atoms with van der Waals surface area (Å²) in [6.07, 6.45) is -0.435. The maximum atomic E-state index is 13.6. The Morgan fingerprint density at radius 2 is 2.05 bits per heavy atom. The van der Waals surface area contributed by atoms with E-state index in [0.29, 0.717) is 46.7 Å². The van der Waals surface area contributed by atoms with Crippen LogP contribution in [-0.2, 0) is 22.6 Å². The molecule has 1 aliphatic heterocycles. The number of amides is 2. The smallest absolute Gasteiger partial charge is 0.410 e. The number of hydrogen-bond acceptors (Lipinski definition) is 9. The van der Waals surface area contributed by atoms with Crippen molar-refractivity contribution in [2.24, 2.45) is 0 Å². The number of hydrogen-bond donors (Lipinski definition) is 1. The number of piperazine rings is 1. The molecule has 3 aromatic rings. The van der Waals surface area contributed by atoms with E-state index in [4.69, 9.17) is 26.6 Å². The fourth-order valence-electron chi connectivity index (χ4n) is 4.67. The topological polar surface area (TPSA) is 129 Å². The van der Waals surface area contributed by atoms with E-state index in [9.17, 15) is 14.9 Å². The maximum absolute atomic E-state index is 13.6. The number of ether oxygens (including phenoxy) is 1. The Bertz CT molecular complexity index is 1440. The molecule has 218 valence electrons. The lowest BCUT2D eigenvalue weighted by molar-refractivity contribution is -0.142. The van der Waals surface area contributed by atoms with E-state index in [2.05, 4.69) is 11.2 Å². The number of carbonyl (C=O) groups is 2. The highest BCUT2D eigenvalue weighted by molar-refractivity contribution is 7.19. The third-order valence-electron chi connectivity index (χ3n) is 6.60. The quantitative estimate of drug-likeness (QED) is 0.343. The van der Waals surface area contributed by atoms with Crippen LogP contribution >= 0.6 is 22.9 Å². The highest BCUT2D eigenvalue weighted by atomic mass is 35.5. The first-order chi connectivity index (χ1) is 19.3. The third-order valence-corrected chi connectivity index (χ3v) is 7.84. The van der Waals surface area contributed by atoms with Crippen molar-refractivity contribution in [2.75, 3.05) is 25.4 Å². The third kappa shape index (κ3) is 7.79. The number of carbonyl (C=O) groups excluding carboxylic acids is 2. The van der Waals surface area contributed by atoms with Crippen molar-refractivity contribution >= 4 is 40.6 Å². The van der Waals surface area contributed by atoms with Gasteiger partial charge in [-0.05, 0) is 64.4 Å². The molecule has 1 aliphatic rings. The van der Waals surface area contributed by atoms with Crippen LogP contribution in [0.3, 0.4) is 0 Å². The van der Waals surface area contributed by atoms with Crippen LogP contribution in [0, 0.1) is 11.3 Å². The van der Waals surface area contributed by atoms with Crippen molar-refractivity contribution in [3.8, 4) is 16.7 Å². The summed E-state index contributed by atoms with van der Waals surface area (Å²) in [7, 11) is 0. The number of aromatic nitrogens is 1. The zero-order valence-corrected chi connectivity index (χ0v) is 25.5. The van der Waals surface area contributed by atoms with Gasteiger partial charge in [-0.15, -0.1) is 11.3 Å². The molecule has 2 aromatic heterocycles. The molecule has 0 spiro atoms. The first kappa shape index (κ1) is 30.4. The zero-order valence-electron chi connectivity index (χ0n) is 23.9. The zero-order chi connectivity index (χ0) is 29.9. The van der Waals surface area contributed by atoms with Gasteiger partial charge in [-0.2, -0.15) is 5.26 Å². The Kier molecular flexibility index (Phi) is 9.27. The number of rotatable bonds is 8. The molecule has 0 radical (unpaired) electrons. The predicted octanol–water partition coefficient (Wildman–Crippen LogP) is 5.37. The van der Waals surface area contributed by atoms with E-state index in [0.717, 1.165) is 10.4 Å². The lowest BCUT2D eigenvalue weighted by Crippen LogP contribution is -2.60. The fraction of sp³-hybridized carbons (Fsp3) is 0.448. The molecule has 3 heterocycles. The number of nitrogen functional groups attached to an aromatic ring is 1. The first-order valence-corrected chi connectivity index (χ1v) is 14.5. The number of thiophene rings is 1. The van der Waals surface area contributed by atoms with E-state index in [1.807, 2.05) is 51.7 Å². The monoisotopic (exact) mass is 598 g/mol. The molecule has 0 saturated carbocycles. The summed E-state index contributed by atoms with van der Waals surface area (Å²) in [6.45, 7) is 11.0. The van der Waals surface area contributed by atoms with Crippen LogP contribution in [0.15, 0.2) is 40.9 Å². The summed E-state index contributed by atoms with van der Waals surface area (Å²) in [5, 5.41) is 13.5. The van der Waals surface area contributed by atoms with Gasteiger partial charge in [0.05, 0.1) is 33.1 Å². The van der Waals surface area contributed by atoms with Crippen LogP contribution in [0.4, 0.5) is 10.5 Å². The number of anilines is 1. The van der Waals surface area contributed by atoms with Crippen molar-refractivity contribution in [1.82, 2.24) is 19.9 Å². The molecule has 2 N–H and O–H groups in total. The average molecular weight is 599 g/mol. The second-order valence-electron chi connectivity index (χ2n) is 11.4. The highest BCUT2D eigenvalue weighted by Crippen LogP contribution is 2.32. The molecule has 41 heavy (non-hydrogen) atoms. The largest absolute Gasteiger partial charge is 0.444 e. The van der Waals surface area contributed by atoms with Crippen molar-refractivity contribution < 1.29 is 18.8 Å².